The van der Waals surface area contributed by atoms with Crippen LogP contribution in [-0.2, 0) is 0 Å². The van der Waals surface area contributed by atoms with Gasteiger partial charge in [0.05, 0.1) is 0 Å². The molecule has 0 radical (unpaired) electrons. The summed E-state index contributed by atoms with van der Waals surface area (Å²) in [4.78, 5) is 0. The molecule has 0 atom stereocenters. The van der Waals surface area contributed by atoms with Gasteiger partial charge < -0.3 is 10.6 Å². The first-order valence-corrected chi connectivity index (χ1v) is 6.60. The van der Waals surface area contributed by atoms with Crippen molar-refractivity contribution >= 4 is 0 Å². The largest absolute Gasteiger partial charge is 0.317 e. The summed E-state index contributed by atoms with van der Waals surface area (Å²) in [5, 5.41) is 6.99. The summed E-state index contributed by atoms with van der Waals surface area (Å²) >= 11 is 0. The molecular weight excluding hydrogens is 184 g/mol. The van der Waals surface area contributed by atoms with Gasteiger partial charge in [-0.15, -0.1) is 0 Å². The van der Waals surface area contributed by atoms with Crippen LogP contribution in [0.2, 0.25) is 0 Å². The predicted molar refractivity (Wildman–Crippen MR) is 67.1 cm³/mol. The molecule has 1 fully saturated rings. The van der Waals surface area contributed by atoms with Crippen molar-refractivity contribution in [2.24, 2.45) is 11.8 Å². The highest BCUT2D eigenvalue weighted by molar-refractivity contribution is 4.77. The van der Waals surface area contributed by atoms with Gasteiger partial charge in [-0.05, 0) is 64.1 Å². The van der Waals surface area contributed by atoms with Crippen molar-refractivity contribution in [3.05, 3.63) is 0 Å². The van der Waals surface area contributed by atoms with Gasteiger partial charge in [0.25, 0.3) is 0 Å². The highest BCUT2D eigenvalue weighted by Crippen LogP contribution is 2.23. The molecule has 1 saturated carbocycles. The quantitative estimate of drug-likeness (QED) is 0.661. The summed E-state index contributed by atoms with van der Waals surface area (Å²) in [7, 11) is 2.09. The Morgan fingerprint density at radius 1 is 1.13 bits per heavy atom. The molecule has 0 spiro atoms. The zero-order valence-electron chi connectivity index (χ0n) is 10.7. The van der Waals surface area contributed by atoms with Crippen LogP contribution in [0.15, 0.2) is 0 Å². The third-order valence-electron chi connectivity index (χ3n) is 3.59. The van der Waals surface area contributed by atoms with E-state index in [1.54, 1.807) is 0 Å². The first-order chi connectivity index (χ1) is 7.22. The number of nitrogens with one attached hydrogen (secondary N) is 2. The number of hydrogen-bond acceptors (Lipinski definition) is 2. The van der Waals surface area contributed by atoms with E-state index in [9.17, 15) is 0 Å². The minimum Gasteiger partial charge on any atom is -0.317 e. The number of rotatable bonds is 6. The molecule has 0 aliphatic heterocycles. The fraction of sp³-hybridized carbons (Fsp3) is 1.00. The maximum atomic E-state index is 3.60. The first kappa shape index (κ1) is 13.0. The van der Waals surface area contributed by atoms with Crippen LogP contribution in [0, 0.1) is 11.8 Å². The van der Waals surface area contributed by atoms with E-state index in [0.29, 0.717) is 0 Å². The molecule has 90 valence electrons. The van der Waals surface area contributed by atoms with Gasteiger partial charge in [-0.3, -0.25) is 0 Å². The predicted octanol–water partition coefficient (Wildman–Crippen LogP) is 2.40. The monoisotopic (exact) mass is 212 g/mol. The zero-order chi connectivity index (χ0) is 11.1. The van der Waals surface area contributed by atoms with Crippen LogP contribution in [0.5, 0.6) is 0 Å². The van der Waals surface area contributed by atoms with E-state index in [1.165, 1.54) is 45.2 Å². The van der Waals surface area contributed by atoms with E-state index < -0.39 is 0 Å². The highest BCUT2D eigenvalue weighted by atomic mass is 14.9. The molecule has 0 amide bonds. The SMILES string of the molecule is CNC1CCC(CNCCC(C)C)CC1. The normalized spacial score (nSPS) is 27.2. The molecule has 1 aliphatic rings. The maximum Gasteiger partial charge on any atom is 0.00642 e. The van der Waals surface area contributed by atoms with Gasteiger partial charge in [-0.25, -0.2) is 0 Å². The fourth-order valence-electron chi connectivity index (χ4n) is 2.35. The Hall–Kier alpha value is -0.0800. The van der Waals surface area contributed by atoms with Gasteiger partial charge in [-0.1, -0.05) is 13.8 Å². The van der Waals surface area contributed by atoms with E-state index in [0.717, 1.165) is 17.9 Å². The van der Waals surface area contributed by atoms with Crippen molar-refractivity contribution in [2.45, 2.75) is 52.0 Å². The first-order valence-electron chi connectivity index (χ1n) is 6.60. The average molecular weight is 212 g/mol. The standard InChI is InChI=1S/C13H28N2/c1-11(2)8-9-15-10-12-4-6-13(14-3)7-5-12/h11-15H,4-10H2,1-3H3. The minimum absolute atomic E-state index is 0.789. The van der Waals surface area contributed by atoms with Gasteiger partial charge in [0.2, 0.25) is 0 Å². The molecule has 0 unspecified atom stereocenters. The van der Waals surface area contributed by atoms with Crippen molar-refractivity contribution in [3.8, 4) is 0 Å². The van der Waals surface area contributed by atoms with Crippen LogP contribution in [-0.4, -0.2) is 26.2 Å². The van der Waals surface area contributed by atoms with E-state index in [1.807, 2.05) is 0 Å². The Labute approximate surface area is 95.2 Å². The van der Waals surface area contributed by atoms with Crippen LogP contribution in [0.4, 0.5) is 0 Å². The van der Waals surface area contributed by atoms with E-state index in [2.05, 4.69) is 31.5 Å². The van der Waals surface area contributed by atoms with E-state index in [-0.39, 0.29) is 0 Å². The summed E-state index contributed by atoms with van der Waals surface area (Å²) in [5.41, 5.74) is 0. The van der Waals surface area contributed by atoms with Crippen LogP contribution in [0.1, 0.15) is 46.0 Å². The molecule has 0 saturated heterocycles. The molecule has 0 aromatic heterocycles. The van der Waals surface area contributed by atoms with Gasteiger partial charge in [0, 0.05) is 6.04 Å². The van der Waals surface area contributed by atoms with Gasteiger partial charge in [0.15, 0.2) is 0 Å². The van der Waals surface area contributed by atoms with E-state index >= 15 is 0 Å². The van der Waals surface area contributed by atoms with Crippen molar-refractivity contribution in [2.75, 3.05) is 20.1 Å². The van der Waals surface area contributed by atoms with Crippen LogP contribution in [0.25, 0.3) is 0 Å². The summed E-state index contributed by atoms with van der Waals surface area (Å²) in [6, 6.07) is 0.789. The zero-order valence-corrected chi connectivity index (χ0v) is 10.7. The third kappa shape index (κ3) is 5.53. The molecule has 0 aromatic carbocycles. The minimum atomic E-state index is 0.789. The molecular formula is C13H28N2. The van der Waals surface area contributed by atoms with E-state index in [4.69, 9.17) is 0 Å². The van der Waals surface area contributed by atoms with Crippen molar-refractivity contribution in [1.29, 1.82) is 0 Å². The molecule has 2 N–H and O–H groups in total. The van der Waals surface area contributed by atoms with Crippen molar-refractivity contribution in [1.82, 2.24) is 10.6 Å². The summed E-state index contributed by atoms with van der Waals surface area (Å²) in [6.45, 7) is 7.02. The molecule has 0 bridgehead atoms. The lowest BCUT2D eigenvalue weighted by atomic mass is 9.86. The van der Waals surface area contributed by atoms with Gasteiger partial charge in [0.1, 0.15) is 0 Å². The highest BCUT2D eigenvalue weighted by Gasteiger charge is 2.19. The van der Waals surface area contributed by atoms with Crippen molar-refractivity contribution < 1.29 is 0 Å². The Morgan fingerprint density at radius 3 is 2.33 bits per heavy atom. The Morgan fingerprint density at radius 2 is 1.80 bits per heavy atom. The lowest BCUT2D eigenvalue weighted by Crippen LogP contribution is -2.34. The lowest BCUT2D eigenvalue weighted by Gasteiger charge is -2.28. The Balaban J connectivity index is 1.99. The molecule has 0 heterocycles. The molecule has 1 rings (SSSR count). The molecule has 2 nitrogen and oxygen atoms in total. The Kier molecular flexibility index (Phi) is 6.26. The number of hydrogen-bond donors (Lipinski definition) is 2. The van der Waals surface area contributed by atoms with Crippen LogP contribution >= 0.6 is 0 Å². The molecule has 1 aliphatic carbocycles. The summed E-state index contributed by atoms with van der Waals surface area (Å²) in [6.07, 6.45) is 6.85. The molecule has 0 aromatic rings. The average Bonchev–Trinajstić information content (AvgIpc) is 2.25. The third-order valence-corrected chi connectivity index (χ3v) is 3.59. The second kappa shape index (κ2) is 7.24. The molecule has 15 heavy (non-hydrogen) atoms. The molecule has 2 heteroatoms. The second-order valence-corrected chi connectivity index (χ2v) is 5.39. The van der Waals surface area contributed by atoms with Crippen LogP contribution < -0.4 is 10.6 Å². The fourth-order valence-corrected chi connectivity index (χ4v) is 2.35. The van der Waals surface area contributed by atoms with Gasteiger partial charge in [-0.2, -0.15) is 0 Å². The topological polar surface area (TPSA) is 24.1 Å². The second-order valence-electron chi connectivity index (χ2n) is 5.39. The maximum absolute atomic E-state index is 3.60. The van der Waals surface area contributed by atoms with Crippen LogP contribution in [0.3, 0.4) is 0 Å². The van der Waals surface area contributed by atoms with Gasteiger partial charge >= 0.3 is 0 Å². The van der Waals surface area contributed by atoms with Crippen molar-refractivity contribution in [3.63, 3.8) is 0 Å². The smallest absolute Gasteiger partial charge is 0.00642 e. The lowest BCUT2D eigenvalue weighted by molar-refractivity contribution is 0.291. The summed E-state index contributed by atoms with van der Waals surface area (Å²) in [5.74, 6) is 1.76. The Bertz CT molecular complexity index is 149. The summed E-state index contributed by atoms with van der Waals surface area (Å²) < 4.78 is 0.